The van der Waals surface area contributed by atoms with Crippen LogP contribution in [-0.2, 0) is 27.3 Å². The number of carbonyl (C=O) groups is 2. The number of rotatable bonds is 7. The van der Waals surface area contributed by atoms with Crippen LogP contribution in [0.1, 0.15) is 29.0 Å². The third-order valence-electron chi connectivity index (χ3n) is 4.20. The van der Waals surface area contributed by atoms with Crippen LogP contribution in [0.3, 0.4) is 0 Å². The van der Waals surface area contributed by atoms with Gasteiger partial charge in [-0.2, -0.15) is 0 Å². The molecule has 3 heterocycles. The van der Waals surface area contributed by atoms with Crippen LogP contribution < -0.4 is 5.32 Å². The molecule has 3 aromatic rings. The lowest BCUT2D eigenvalue weighted by Gasteiger charge is -2.09. The van der Waals surface area contributed by atoms with E-state index >= 15 is 0 Å². The van der Waals surface area contributed by atoms with E-state index in [9.17, 15) is 9.59 Å². The van der Waals surface area contributed by atoms with Gasteiger partial charge in [-0.15, -0.1) is 22.7 Å². The van der Waals surface area contributed by atoms with E-state index in [1.54, 1.807) is 23.6 Å². The lowest BCUT2D eigenvalue weighted by molar-refractivity contribution is -0.142. The van der Waals surface area contributed by atoms with Crippen molar-refractivity contribution >= 4 is 39.7 Å². The van der Waals surface area contributed by atoms with Crippen LogP contribution in [0.25, 0.3) is 11.3 Å². The fourth-order valence-corrected chi connectivity index (χ4v) is 4.24. The molecule has 0 atom stereocenters. The number of aryl methyl sites for hydroxylation is 2. The number of anilines is 1. The number of nitrogens with zero attached hydrogens (tertiary/aromatic N) is 3. The van der Waals surface area contributed by atoms with Gasteiger partial charge in [0.25, 0.3) is 0 Å². The molecule has 0 radical (unpaired) electrons. The van der Waals surface area contributed by atoms with Crippen LogP contribution in [0.5, 0.6) is 0 Å². The number of nitrogens with one attached hydrogen (secondary N) is 1. The standard InChI is InChI=1S/C19H22N4O3S2/c1-5-26-18(25)7-14-9-28-19(21-14)22-17(24)8-23-11(2)6-15(12(23)3)16-10-27-13(4)20-16/h6,9-10H,5,7-8H2,1-4H3,(H,21,22,24). The monoisotopic (exact) mass is 418 g/mol. The average Bonchev–Trinajstić information content (AvgIpc) is 3.31. The summed E-state index contributed by atoms with van der Waals surface area (Å²) in [5, 5.41) is 8.07. The number of hydrogen-bond acceptors (Lipinski definition) is 7. The molecular weight excluding hydrogens is 396 g/mol. The van der Waals surface area contributed by atoms with Crippen LogP contribution in [0.15, 0.2) is 16.8 Å². The van der Waals surface area contributed by atoms with E-state index in [0.29, 0.717) is 17.4 Å². The van der Waals surface area contributed by atoms with Crippen molar-refractivity contribution in [2.45, 2.75) is 40.7 Å². The largest absolute Gasteiger partial charge is 0.466 e. The summed E-state index contributed by atoms with van der Waals surface area (Å²) >= 11 is 2.90. The summed E-state index contributed by atoms with van der Waals surface area (Å²) in [7, 11) is 0. The minimum absolute atomic E-state index is 0.104. The average molecular weight is 419 g/mol. The maximum Gasteiger partial charge on any atom is 0.311 e. The molecule has 3 rings (SSSR count). The maximum absolute atomic E-state index is 12.5. The molecule has 0 spiro atoms. The molecule has 0 bridgehead atoms. The first-order valence-electron chi connectivity index (χ1n) is 8.86. The topological polar surface area (TPSA) is 86.1 Å². The van der Waals surface area contributed by atoms with Crippen molar-refractivity contribution in [2.75, 3.05) is 11.9 Å². The van der Waals surface area contributed by atoms with E-state index in [2.05, 4.69) is 21.4 Å². The molecule has 7 nitrogen and oxygen atoms in total. The second-order valence-electron chi connectivity index (χ2n) is 6.30. The lowest BCUT2D eigenvalue weighted by Crippen LogP contribution is -2.20. The fraction of sp³-hybridized carbons (Fsp3) is 0.368. The van der Waals surface area contributed by atoms with Crippen LogP contribution >= 0.6 is 22.7 Å². The molecule has 0 aromatic carbocycles. The molecule has 28 heavy (non-hydrogen) atoms. The van der Waals surface area contributed by atoms with Crippen molar-refractivity contribution in [3.05, 3.63) is 38.9 Å². The highest BCUT2D eigenvalue weighted by molar-refractivity contribution is 7.14. The van der Waals surface area contributed by atoms with Gasteiger partial charge in [0, 0.05) is 27.7 Å². The minimum atomic E-state index is -0.325. The number of esters is 1. The second kappa shape index (κ2) is 8.66. The zero-order chi connectivity index (χ0) is 20.3. The summed E-state index contributed by atoms with van der Waals surface area (Å²) in [5.41, 5.74) is 4.57. The number of amides is 1. The molecule has 9 heteroatoms. The first-order valence-corrected chi connectivity index (χ1v) is 10.6. The third-order valence-corrected chi connectivity index (χ3v) is 5.78. The van der Waals surface area contributed by atoms with E-state index in [1.807, 2.05) is 30.7 Å². The van der Waals surface area contributed by atoms with Crippen LogP contribution in [-0.4, -0.2) is 33.0 Å². The zero-order valence-electron chi connectivity index (χ0n) is 16.2. The molecule has 0 saturated carbocycles. The highest BCUT2D eigenvalue weighted by Crippen LogP contribution is 2.28. The fourth-order valence-electron chi connectivity index (χ4n) is 2.90. The summed E-state index contributed by atoms with van der Waals surface area (Å²) in [6.45, 7) is 8.23. The molecular formula is C19H22N4O3S2. The van der Waals surface area contributed by atoms with Crippen molar-refractivity contribution < 1.29 is 14.3 Å². The number of hydrogen-bond donors (Lipinski definition) is 1. The number of ether oxygens (including phenoxy) is 1. The maximum atomic E-state index is 12.5. The first-order chi connectivity index (χ1) is 13.4. The number of thiazole rings is 2. The van der Waals surface area contributed by atoms with E-state index in [1.165, 1.54) is 11.3 Å². The Morgan fingerprint density at radius 1 is 1.18 bits per heavy atom. The minimum Gasteiger partial charge on any atom is -0.466 e. The highest BCUT2D eigenvalue weighted by atomic mass is 32.1. The van der Waals surface area contributed by atoms with Gasteiger partial charge in [0.1, 0.15) is 6.54 Å². The van der Waals surface area contributed by atoms with Gasteiger partial charge in [0.05, 0.1) is 29.4 Å². The van der Waals surface area contributed by atoms with Crippen LogP contribution in [0.4, 0.5) is 5.13 Å². The molecule has 3 aromatic heterocycles. The molecule has 0 aliphatic carbocycles. The van der Waals surface area contributed by atoms with Crippen molar-refractivity contribution in [1.82, 2.24) is 14.5 Å². The predicted octanol–water partition coefficient (Wildman–Crippen LogP) is 3.74. The van der Waals surface area contributed by atoms with Crippen molar-refractivity contribution in [1.29, 1.82) is 0 Å². The van der Waals surface area contributed by atoms with Gasteiger partial charge >= 0.3 is 5.97 Å². The van der Waals surface area contributed by atoms with Crippen LogP contribution in [0.2, 0.25) is 0 Å². The van der Waals surface area contributed by atoms with E-state index < -0.39 is 0 Å². The van der Waals surface area contributed by atoms with E-state index in [0.717, 1.165) is 27.7 Å². The van der Waals surface area contributed by atoms with Crippen molar-refractivity contribution in [3.8, 4) is 11.3 Å². The number of aromatic nitrogens is 3. The zero-order valence-corrected chi connectivity index (χ0v) is 17.9. The SMILES string of the molecule is CCOC(=O)Cc1csc(NC(=O)Cn2c(C)cc(-c3csc(C)n3)c2C)n1. The molecule has 0 saturated heterocycles. The summed E-state index contributed by atoms with van der Waals surface area (Å²) in [4.78, 5) is 32.9. The smallest absolute Gasteiger partial charge is 0.311 e. The Morgan fingerprint density at radius 2 is 1.96 bits per heavy atom. The van der Waals surface area contributed by atoms with Gasteiger partial charge < -0.3 is 14.6 Å². The molecule has 0 aliphatic rings. The Bertz CT molecular complexity index is 1000. The van der Waals surface area contributed by atoms with Crippen LogP contribution in [0, 0.1) is 20.8 Å². The summed E-state index contributed by atoms with van der Waals surface area (Å²) in [5.74, 6) is -0.492. The normalized spacial score (nSPS) is 10.9. The Balaban J connectivity index is 1.66. The van der Waals surface area contributed by atoms with Gasteiger partial charge in [0.15, 0.2) is 5.13 Å². The molecule has 1 amide bonds. The highest BCUT2D eigenvalue weighted by Gasteiger charge is 2.16. The van der Waals surface area contributed by atoms with Crippen molar-refractivity contribution in [3.63, 3.8) is 0 Å². The van der Waals surface area contributed by atoms with Gasteiger partial charge in [-0.3, -0.25) is 9.59 Å². The molecule has 1 N–H and O–H groups in total. The van der Waals surface area contributed by atoms with Gasteiger partial charge in [0.2, 0.25) is 5.91 Å². The second-order valence-corrected chi connectivity index (χ2v) is 8.22. The first kappa shape index (κ1) is 20.2. The summed E-state index contributed by atoms with van der Waals surface area (Å²) in [6.07, 6.45) is 0.104. The van der Waals surface area contributed by atoms with E-state index in [-0.39, 0.29) is 24.8 Å². The molecule has 0 fully saturated rings. The quantitative estimate of drug-likeness (QED) is 0.591. The van der Waals surface area contributed by atoms with Gasteiger partial charge in [-0.1, -0.05) is 0 Å². The Hall–Kier alpha value is -2.52. The summed E-state index contributed by atoms with van der Waals surface area (Å²) < 4.78 is 6.88. The Labute approximate surface area is 171 Å². The Kier molecular flexibility index (Phi) is 6.25. The number of carbonyl (C=O) groups excluding carboxylic acids is 2. The van der Waals surface area contributed by atoms with Crippen molar-refractivity contribution in [2.24, 2.45) is 0 Å². The predicted molar refractivity (Wildman–Crippen MR) is 111 cm³/mol. The molecule has 0 unspecified atom stereocenters. The molecule has 148 valence electrons. The van der Waals surface area contributed by atoms with E-state index in [4.69, 9.17) is 4.74 Å². The third kappa shape index (κ3) is 4.66. The molecule has 0 aliphatic heterocycles. The van der Waals surface area contributed by atoms with Gasteiger partial charge in [-0.05, 0) is 33.8 Å². The summed E-state index contributed by atoms with van der Waals surface area (Å²) in [6, 6.07) is 2.05. The van der Waals surface area contributed by atoms with Gasteiger partial charge in [-0.25, -0.2) is 9.97 Å². The Morgan fingerprint density at radius 3 is 2.64 bits per heavy atom. The lowest BCUT2D eigenvalue weighted by atomic mass is 10.2.